The first-order chi connectivity index (χ1) is 21.3. The van der Waals surface area contributed by atoms with Gasteiger partial charge in [-0.05, 0) is 63.1 Å². The molecule has 0 fully saturated rings. The molecular weight excluding hydrogens is 611 g/mol. The Morgan fingerprint density at radius 1 is 0.889 bits per heavy atom. The highest BCUT2D eigenvalue weighted by Gasteiger charge is 2.33. The van der Waals surface area contributed by atoms with Crippen LogP contribution in [0.15, 0.2) is 72.1 Å². The number of ether oxygens (including phenoxy) is 3. The van der Waals surface area contributed by atoms with E-state index in [9.17, 15) is 27.6 Å². The lowest BCUT2D eigenvalue weighted by molar-refractivity contribution is -0.275. The molecule has 1 heterocycles. The Hall–Kier alpha value is -4.26. The highest BCUT2D eigenvalue weighted by Crippen LogP contribution is 2.28. The van der Waals surface area contributed by atoms with Crippen molar-refractivity contribution in [2.24, 2.45) is 0 Å². The fourth-order valence-electron chi connectivity index (χ4n) is 4.23. The third-order valence-electron chi connectivity index (χ3n) is 6.19. The first kappa shape index (κ1) is 35.2. The average molecular weight is 650 g/mol. The molecule has 0 unspecified atom stereocenters. The number of nitrogens with one attached hydrogen (secondary N) is 2. The molecule has 0 saturated carbocycles. The minimum absolute atomic E-state index is 0.0954. The number of carbonyl (C=O) groups is 3. The summed E-state index contributed by atoms with van der Waals surface area (Å²) in [5.41, 5.74) is 0.169. The van der Waals surface area contributed by atoms with E-state index in [0.29, 0.717) is 12.8 Å². The number of halogens is 3. The molecule has 1 atom stereocenters. The average Bonchev–Trinajstić information content (AvgIpc) is 3.47. The quantitative estimate of drug-likeness (QED) is 0.180. The summed E-state index contributed by atoms with van der Waals surface area (Å²) in [6, 6.07) is 17.4. The lowest BCUT2D eigenvalue weighted by atomic mass is 10.1. The van der Waals surface area contributed by atoms with E-state index >= 15 is 0 Å². The zero-order chi connectivity index (χ0) is 32.9. The van der Waals surface area contributed by atoms with E-state index in [1.807, 2.05) is 41.8 Å². The molecule has 9 nitrogen and oxygen atoms in total. The maximum absolute atomic E-state index is 14.0. The third kappa shape index (κ3) is 13.5. The number of alkyl carbamates (subject to hydrolysis) is 2. The molecular formula is C32H38F3N3O6S. The van der Waals surface area contributed by atoms with Gasteiger partial charge in [0.2, 0.25) is 5.91 Å². The fourth-order valence-corrected chi connectivity index (χ4v) is 4.95. The Morgan fingerprint density at radius 3 is 2.27 bits per heavy atom. The largest absolute Gasteiger partial charge is 0.573 e. The Balaban J connectivity index is 1.69. The Kier molecular flexibility index (Phi) is 13.1. The Bertz CT molecular complexity index is 1360. The van der Waals surface area contributed by atoms with Gasteiger partial charge in [0.25, 0.3) is 0 Å². The van der Waals surface area contributed by atoms with Gasteiger partial charge < -0.3 is 29.7 Å². The van der Waals surface area contributed by atoms with E-state index < -0.39 is 41.8 Å². The summed E-state index contributed by atoms with van der Waals surface area (Å²) in [6.45, 7) is 5.34. The van der Waals surface area contributed by atoms with Crippen LogP contribution in [0.1, 0.15) is 56.0 Å². The fraction of sp³-hybridized carbons (Fsp3) is 0.406. The van der Waals surface area contributed by atoms with Crippen molar-refractivity contribution in [3.05, 3.63) is 88.1 Å². The zero-order valence-corrected chi connectivity index (χ0v) is 26.2. The molecule has 2 N–H and O–H groups in total. The summed E-state index contributed by atoms with van der Waals surface area (Å²) >= 11 is 1.39. The van der Waals surface area contributed by atoms with E-state index in [1.165, 1.54) is 34.4 Å². The van der Waals surface area contributed by atoms with Gasteiger partial charge in [-0.1, -0.05) is 54.6 Å². The number of carbonyl (C=O) groups excluding carboxylic acids is 3. The number of benzene rings is 2. The number of amides is 3. The second kappa shape index (κ2) is 16.7. The van der Waals surface area contributed by atoms with E-state index in [-0.39, 0.29) is 38.2 Å². The normalized spacial score (nSPS) is 12.1. The van der Waals surface area contributed by atoms with E-state index in [4.69, 9.17) is 9.47 Å². The zero-order valence-electron chi connectivity index (χ0n) is 25.4. The molecule has 244 valence electrons. The summed E-state index contributed by atoms with van der Waals surface area (Å²) < 4.78 is 54.1. The van der Waals surface area contributed by atoms with Crippen molar-refractivity contribution in [3.8, 4) is 5.75 Å². The summed E-state index contributed by atoms with van der Waals surface area (Å²) in [7, 11) is 0. The van der Waals surface area contributed by atoms with Crippen LogP contribution in [-0.2, 0) is 34.0 Å². The SMILES string of the molecule is CC(C)(C)OC(=O)N[C@@H](CCCCNC(=O)OCc1ccccc1)C(=O)N(Cc1cccs1)Cc1ccccc1OC(F)(F)F. The minimum atomic E-state index is -4.92. The van der Waals surface area contributed by atoms with Crippen LogP contribution < -0.4 is 15.4 Å². The summed E-state index contributed by atoms with van der Waals surface area (Å²) in [4.78, 5) is 41.0. The molecule has 13 heteroatoms. The molecule has 3 amide bonds. The van der Waals surface area contributed by atoms with Crippen LogP contribution in [0.3, 0.4) is 0 Å². The molecule has 0 radical (unpaired) electrons. The highest BCUT2D eigenvalue weighted by atomic mass is 32.1. The lowest BCUT2D eigenvalue weighted by Crippen LogP contribution is -2.49. The number of nitrogens with zero attached hydrogens (tertiary/aromatic N) is 1. The monoisotopic (exact) mass is 649 g/mol. The van der Waals surface area contributed by atoms with E-state index in [2.05, 4.69) is 15.4 Å². The first-order valence-corrected chi connectivity index (χ1v) is 15.3. The highest BCUT2D eigenvalue weighted by molar-refractivity contribution is 7.09. The van der Waals surface area contributed by atoms with Gasteiger partial charge in [-0.2, -0.15) is 0 Å². The second-order valence-corrected chi connectivity index (χ2v) is 12.1. The van der Waals surface area contributed by atoms with Gasteiger partial charge in [0, 0.05) is 23.5 Å². The molecule has 0 spiro atoms. The smallest absolute Gasteiger partial charge is 0.445 e. The van der Waals surface area contributed by atoms with Crippen LogP contribution in [0.2, 0.25) is 0 Å². The van der Waals surface area contributed by atoms with Crippen LogP contribution >= 0.6 is 11.3 Å². The molecule has 3 rings (SSSR count). The van der Waals surface area contributed by atoms with Gasteiger partial charge in [0.15, 0.2) is 0 Å². The van der Waals surface area contributed by atoms with E-state index in [0.717, 1.165) is 10.4 Å². The molecule has 2 aromatic carbocycles. The maximum Gasteiger partial charge on any atom is 0.573 e. The van der Waals surface area contributed by atoms with Crippen molar-refractivity contribution in [1.82, 2.24) is 15.5 Å². The number of unbranched alkanes of at least 4 members (excludes halogenated alkanes) is 1. The van der Waals surface area contributed by atoms with Crippen LogP contribution in [0.25, 0.3) is 0 Å². The van der Waals surface area contributed by atoms with Crippen LogP contribution in [0, 0.1) is 0 Å². The van der Waals surface area contributed by atoms with Gasteiger partial charge in [0.05, 0.1) is 6.54 Å². The molecule has 1 aromatic heterocycles. The molecule has 0 aliphatic rings. The van der Waals surface area contributed by atoms with Crippen molar-refractivity contribution in [2.45, 2.75) is 77.7 Å². The standard InChI is InChI=1S/C32H38F3N3O6S/c1-31(2,3)44-30(41)37-26(16-9-10-18-36-29(40)42-22-23-12-5-4-6-13-23)28(39)38(21-25-15-11-19-45-25)20-24-14-7-8-17-27(24)43-32(33,34)35/h4-8,11-15,17,19,26H,9-10,16,18,20-22H2,1-3H3,(H,36,40)(H,37,41)/t26-/m0/s1. The minimum Gasteiger partial charge on any atom is -0.445 e. The predicted molar refractivity (Wildman–Crippen MR) is 163 cm³/mol. The van der Waals surface area contributed by atoms with Gasteiger partial charge in [-0.15, -0.1) is 24.5 Å². The second-order valence-electron chi connectivity index (χ2n) is 11.1. The number of para-hydroxylation sites is 1. The molecule has 45 heavy (non-hydrogen) atoms. The van der Waals surface area contributed by atoms with Crippen LogP contribution in [0.5, 0.6) is 5.75 Å². The van der Waals surface area contributed by atoms with Crippen molar-refractivity contribution in [1.29, 1.82) is 0 Å². The Labute approximate surface area is 264 Å². The van der Waals surface area contributed by atoms with Gasteiger partial charge in [-0.25, -0.2) is 9.59 Å². The number of hydrogen-bond acceptors (Lipinski definition) is 7. The van der Waals surface area contributed by atoms with Gasteiger partial charge in [-0.3, -0.25) is 4.79 Å². The number of alkyl halides is 3. The van der Waals surface area contributed by atoms with Crippen molar-refractivity contribution in [3.63, 3.8) is 0 Å². The maximum atomic E-state index is 14.0. The summed E-state index contributed by atoms with van der Waals surface area (Å²) in [5.74, 6) is -0.929. The first-order valence-electron chi connectivity index (χ1n) is 14.4. The van der Waals surface area contributed by atoms with Crippen molar-refractivity contribution in [2.75, 3.05) is 6.54 Å². The topological polar surface area (TPSA) is 106 Å². The summed E-state index contributed by atoms with van der Waals surface area (Å²) in [5, 5.41) is 7.13. The molecule has 0 saturated heterocycles. The molecule has 0 aliphatic carbocycles. The predicted octanol–water partition coefficient (Wildman–Crippen LogP) is 7.17. The van der Waals surface area contributed by atoms with Gasteiger partial charge >= 0.3 is 18.5 Å². The number of rotatable bonds is 14. The van der Waals surface area contributed by atoms with Gasteiger partial charge in [0.1, 0.15) is 24.0 Å². The third-order valence-corrected chi connectivity index (χ3v) is 7.05. The van der Waals surface area contributed by atoms with Crippen LogP contribution in [0.4, 0.5) is 22.8 Å². The van der Waals surface area contributed by atoms with Crippen LogP contribution in [-0.4, -0.2) is 47.5 Å². The lowest BCUT2D eigenvalue weighted by Gasteiger charge is -2.29. The summed E-state index contributed by atoms with van der Waals surface area (Å²) in [6.07, 6.45) is -5.23. The van der Waals surface area contributed by atoms with E-state index in [1.54, 1.807) is 32.9 Å². The number of hydrogen-bond donors (Lipinski definition) is 2. The number of thiophene rings is 1. The van der Waals surface area contributed by atoms with Crippen molar-refractivity contribution < 1.29 is 41.8 Å². The molecule has 3 aromatic rings. The molecule has 0 bridgehead atoms. The van der Waals surface area contributed by atoms with Crippen molar-refractivity contribution >= 4 is 29.4 Å². The molecule has 0 aliphatic heterocycles. The Morgan fingerprint density at radius 2 is 1.60 bits per heavy atom.